The van der Waals surface area contributed by atoms with Gasteiger partial charge in [-0.1, -0.05) is 6.07 Å². The summed E-state index contributed by atoms with van der Waals surface area (Å²) in [6.45, 7) is 4.43. The first-order valence-corrected chi connectivity index (χ1v) is 7.91. The molecule has 124 valence electrons. The van der Waals surface area contributed by atoms with E-state index in [0.29, 0.717) is 24.2 Å². The molecule has 0 unspecified atom stereocenters. The molecule has 2 aromatic rings. The van der Waals surface area contributed by atoms with Crippen molar-refractivity contribution < 1.29 is 14.0 Å². The van der Waals surface area contributed by atoms with Gasteiger partial charge in [0.15, 0.2) is 0 Å². The van der Waals surface area contributed by atoms with Gasteiger partial charge in [-0.3, -0.25) is 9.59 Å². The molecule has 0 bridgehead atoms. The quantitative estimate of drug-likeness (QED) is 0.943. The van der Waals surface area contributed by atoms with Crippen LogP contribution in [0.25, 0.3) is 0 Å². The van der Waals surface area contributed by atoms with Gasteiger partial charge in [0.25, 0.3) is 5.91 Å². The number of hydrogen-bond donors (Lipinski definition) is 1. The normalized spacial score (nSPS) is 17.2. The smallest absolute Gasteiger partial charge is 0.251 e. The number of carbonyl (C=O) groups excluding carboxylic acids is 2. The number of benzene rings is 2. The summed E-state index contributed by atoms with van der Waals surface area (Å²) in [7, 11) is 0. The Morgan fingerprint density at radius 2 is 1.83 bits per heavy atom. The highest BCUT2D eigenvalue weighted by atomic mass is 19.1. The van der Waals surface area contributed by atoms with Gasteiger partial charge < -0.3 is 10.2 Å². The molecule has 2 amide bonds. The second kappa shape index (κ2) is 6.43. The zero-order chi connectivity index (χ0) is 17.3. The Balaban J connectivity index is 1.70. The number of rotatable bonds is 3. The van der Waals surface area contributed by atoms with Crippen LogP contribution in [0, 0.1) is 19.7 Å². The van der Waals surface area contributed by atoms with Gasteiger partial charge >= 0.3 is 0 Å². The molecule has 1 fully saturated rings. The van der Waals surface area contributed by atoms with Crippen LogP contribution in [0.2, 0.25) is 0 Å². The summed E-state index contributed by atoms with van der Waals surface area (Å²) >= 11 is 0. The number of halogens is 1. The fourth-order valence-electron chi connectivity index (χ4n) is 2.82. The molecule has 1 saturated heterocycles. The minimum atomic E-state index is -0.552. The molecule has 4 nitrogen and oxygen atoms in total. The van der Waals surface area contributed by atoms with Crippen molar-refractivity contribution in [2.45, 2.75) is 26.3 Å². The van der Waals surface area contributed by atoms with E-state index in [-0.39, 0.29) is 17.6 Å². The summed E-state index contributed by atoms with van der Waals surface area (Å²) < 4.78 is 13.0. The average Bonchev–Trinajstić information content (AvgIpc) is 2.92. The lowest BCUT2D eigenvalue weighted by Gasteiger charge is -2.17. The van der Waals surface area contributed by atoms with Gasteiger partial charge in [0.1, 0.15) is 11.9 Å². The lowest BCUT2D eigenvalue weighted by molar-refractivity contribution is -0.118. The van der Waals surface area contributed by atoms with Crippen LogP contribution >= 0.6 is 0 Å². The first kappa shape index (κ1) is 16.2. The van der Waals surface area contributed by atoms with Crippen LogP contribution in [0.4, 0.5) is 10.1 Å². The molecule has 1 aliphatic rings. The van der Waals surface area contributed by atoms with Crippen molar-refractivity contribution >= 4 is 17.5 Å². The van der Waals surface area contributed by atoms with E-state index >= 15 is 0 Å². The van der Waals surface area contributed by atoms with Crippen LogP contribution in [0.1, 0.15) is 27.9 Å². The molecule has 0 aliphatic carbocycles. The average molecular weight is 326 g/mol. The van der Waals surface area contributed by atoms with E-state index in [1.54, 1.807) is 23.1 Å². The van der Waals surface area contributed by atoms with Crippen molar-refractivity contribution in [2.75, 3.05) is 11.4 Å². The fraction of sp³-hybridized carbons (Fsp3) is 0.263. The number of nitrogens with zero attached hydrogens (tertiary/aromatic N) is 1. The van der Waals surface area contributed by atoms with Crippen molar-refractivity contribution in [1.82, 2.24) is 5.32 Å². The van der Waals surface area contributed by atoms with E-state index in [0.717, 1.165) is 11.1 Å². The number of aryl methyl sites for hydroxylation is 2. The highest BCUT2D eigenvalue weighted by Gasteiger charge is 2.33. The number of hydrogen-bond acceptors (Lipinski definition) is 2. The van der Waals surface area contributed by atoms with Crippen LogP contribution in [0.3, 0.4) is 0 Å². The predicted molar refractivity (Wildman–Crippen MR) is 90.5 cm³/mol. The van der Waals surface area contributed by atoms with E-state index in [1.807, 2.05) is 26.0 Å². The summed E-state index contributed by atoms with van der Waals surface area (Å²) in [5, 5.41) is 2.80. The SMILES string of the molecule is Cc1ccc(C(=O)N[C@H]2CCN(c3ccc(F)cc3)C2=O)cc1C. The Hall–Kier alpha value is -2.69. The largest absolute Gasteiger partial charge is 0.340 e. The second-order valence-corrected chi connectivity index (χ2v) is 6.08. The summed E-state index contributed by atoms with van der Waals surface area (Å²) in [4.78, 5) is 26.4. The topological polar surface area (TPSA) is 49.4 Å². The summed E-state index contributed by atoms with van der Waals surface area (Å²) in [6, 6.07) is 10.7. The first-order valence-electron chi connectivity index (χ1n) is 7.91. The van der Waals surface area contributed by atoms with Gasteiger partial charge in [0.05, 0.1) is 0 Å². The molecule has 1 aliphatic heterocycles. The predicted octanol–water partition coefficient (Wildman–Crippen LogP) is 2.98. The molecule has 1 heterocycles. The molecule has 0 aromatic heterocycles. The second-order valence-electron chi connectivity index (χ2n) is 6.08. The summed E-state index contributed by atoms with van der Waals surface area (Å²) in [5.41, 5.74) is 3.34. The minimum Gasteiger partial charge on any atom is -0.340 e. The maximum Gasteiger partial charge on any atom is 0.251 e. The zero-order valence-corrected chi connectivity index (χ0v) is 13.7. The molecule has 0 spiro atoms. The third-order valence-corrected chi connectivity index (χ3v) is 4.42. The van der Waals surface area contributed by atoms with Crippen LogP contribution < -0.4 is 10.2 Å². The molecular weight excluding hydrogens is 307 g/mol. The molecule has 24 heavy (non-hydrogen) atoms. The van der Waals surface area contributed by atoms with Gasteiger partial charge in [-0.05, 0) is 67.8 Å². The van der Waals surface area contributed by atoms with Gasteiger partial charge in [-0.2, -0.15) is 0 Å². The fourth-order valence-corrected chi connectivity index (χ4v) is 2.82. The molecular formula is C19H19FN2O2. The maximum atomic E-state index is 13.0. The van der Waals surface area contributed by atoms with Gasteiger partial charge in [-0.15, -0.1) is 0 Å². The van der Waals surface area contributed by atoms with Gasteiger partial charge in [0, 0.05) is 17.8 Å². The molecule has 3 rings (SSSR count). The maximum absolute atomic E-state index is 13.0. The van der Waals surface area contributed by atoms with Crippen LogP contribution in [-0.4, -0.2) is 24.4 Å². The lowest BCUT2D eigenvalue weighted by atomic mass is 10.1. The Labute approximate surface area is 140 Å². The van der Waals surface area contributed by atoms with Crippen molar-refractivity contribution in [3.05, 3.63) is 65.0 Å². The highest BCUT2D eigenvalue weighted by Crippen LogP contribution is 2.22. The number of carbonyl (C=O) groups is 2. The van der Waals surface area contributed by atoms with E-state index < -0.39 is 6.04 Å². The number of nitrogens with one attached hydrogen (secondary N) is 1. The van der Waals surface area contributed by atoms with Crippen molar-refractivity contribution in [1.29, 1.82) is 0 Å². The Kier molecular flexibility index (Phi) is 4.34. The molecule has 2 aromatic carbocycles. The third kappa shape index (κ3) is 3.15. The molecule has 5 heteroatoms. The van der Waals surface area contributed by atoms with E-state index in [1.165, 1.54) is 12.1 Å². The summed E-state index contributed by atoms with van der Waals surface area (Å²) in [5.74, 6) is -0.763. The molecule has 1 N–H and O–H groups in total. The number of amides is 2. The van der Waals surface area contributed by atoms with Crippen LogP contribution in [-0.2, 0) is 4.79 Å². The highest BCUT2D eigenvalue weighted by molar-refractivity contribution is 6.03. The Morgan fingerprint density at radius 1 is 1.12 bits per heavy atom. The molecule has 1 atom stereocenters. The van der Waals surface area contributed by atoms with Crippen molar-refractivity contribution in [2.24, 2.45) is 0 Å². The Bertz CT molecular complexity index is 786. The van der Waals surface area contributed by atoms with E-state index in [4.69, 9.17) is 0 Å². The monoisotopic (exact) mass is 326 g/mol. The first-order chi connectivity index (χ1) is 11.5. The summed E-state index contributed by atoms with van der Waals surface area (Å²) in [6.07, 6.45) is 0.535. The minimum absolute atomic E-state index is 0.168. The van der Waals surface area contributed by atoms with Crippen LogP contribution in [0.15, 0.2) is 42.5 Å². The number of anilines is 1. The zero-order valence-electron chi connectivity index (χ0n) is 13.7. The third-order valence-electron chi connectivity index (χ3n) is 4.42. The van der Waals surface area contributed by atoms with Crippen molar-refractivity contribution in [3.8, 4) is 0 Å². The van der Waals surface area contributed by atoms with E-state index in [9.17, 15) is 14.0 Å². The van der Waals surface area contributed by atoms with Gasteiger partial charge in [-0.25, -0.2) is 4.39 Å². The molecule has 0 saturated carbocycles. The van der Waals surface area contributed by atoms with Gasteiger partial charge in [0.2, 0.25) is 5.91 Å². The lowest BCUT2D eigenvalue weighted by Crippen LogP contribution is -2.41. The standard InChI is InChI=1S/C19H19FN2O2/c1-12-3-4-14(11-13(12)2)18(23)21-17-9-10-22(19(17)24)16-7-5-15(20)6-8-16/h3-8,11,17H,9-10H2,1-2H3,(H,21,23)/t17-/m0/s1. The molecule has 0 radical (unpaired) electrons. The van der Waals surface area contributed by atoms with Crippen LogP contribution in [0.5, 0.6) is 0 Å². The van der Waals surface area contributed by atoms with Crippen molar-refractivity contribution in [3.63, 3.8) is 0 Å². The van der Waals surface area contributed by atoms with E-state index in [2.05, 4.69) is 5.32 Å². The Morgan fingerprint density at radius 3 is 2.50 bits per heavy atom.